The maximum absolute atomic E-state index is 4.15. The van der Waals surface area contributed by atoms with Gasteiger partial charge in [-0.25, -0.2) is 0 Å². The van der Waals surface area contributed by atoms with Crippen molar-refractivity contribution in [1.82, 2.24) is 5.01 Å². The van der Waals surface area contributed by atoms with Gasteiger partial charge in [-0.05, 0) is 6.92 Å². The molecule has 0 heterocycles. The Morgan fingerprint density at radius 2 is 2.22 bits per heavy atom. The van der Waals surface area contributed by atoms with Crippen LogP contribution in [0.4, 0.5) is 0 Å². The zero-order valence-corrected chi connectivity index (χ0v) is 6.39. The lowest BCUT2D eigenvalue weighted by Gasteiger charge is -2.04. The van der Waals surface area contributed by atoms with E-state index in [2.05, 4.69) is 11.7 Å². The molecule has 0 bridgehead atoms. The number of nitrogens with zero attached hydrogens (tertiary/aromatic N) is 2. The van der Waals surface area contributed by atoms with Gasteiger partial charge in [0.15, 0.2) is 0 Å². The number of hydrogen-bond acceptors (Lipinski definition) is 2. The first kappa shape index (κ1) is 8.21. The number of allylic oxidation sites excluding steroid dienone is 1. The van der Waals surface area contributed by atoms with E-state index in [4.69, 9.17) is 0 Å². The Hall–Kier alpha value is -0.790. The van der Waals surface area contributed by atoms with E-state index in [0.29, 0.717) is 0 Å². The lowest BCUT2D eigenvalue weighted by atomic mass is 10.3. The van der Waals surface area contributed by atoms with Crippen LogP contribution < -0.4 is 0 Å². The average molecular weight is 126 g/mol. The molecule has 0 aliphatic heterocycles. The van der Waals surface area contributed by atoms with Crippen LogP contribution in [0.1, 0.15) is 13.3 Å². The molecule has 0 radical (unpaired) electrons. The molecule has 52 valence electrons. The van der Waals surface area contributed by atoms with E-state index in [1.165, 1.54) is 0 Å². The van der Waals surface area contributed by atoms with Crippen LogP contribution in [0, 0.1) is 0 Å². The van der Waals surface area contributed by atoms with Crippen molar-refractivity contribution >= 4 is 5.71 Å². The van der Waals surface area contributed by atoms with E-state index in [-0.39, 0.29) is 0 Å². The predicted molar refractivity (Wildman–Crippen MR) is 41.6 cm³/mol. The highest BCUT2D eigenvalue weighted by Crippen LogP contribution is 1.87. The summed E-state index contributed by atoms with van der Waals surface area (Å²) in [6.45, 7) is 5.60. The third-order valence-corrected chi connectivity index (χ3v) is 0.810. The summed E-state index contributed by atoms with van der Waals surface area (Å²) in [6.07, 6.45) is 2.72. The molecule has 0 aliphatic carbocycles. The summed E-state index contributed by atoms with van der Waals surface area (Å²) in [5.41, 5.74) is 1.09. The Labute approximate surface area is 56.9 Å². The zero-order valence-electron chi connectivity index (χ0n) is 6.39. The van der Waals surface area contributed by atoms with Gasteiger partial charge in [-0.2, -0.15) is 5.10 Å². The first-order valence-electron chi connectivity index (χ1n) is 2.99. The van der Waals surface area contributed by atoms with Crippen molar-refractivity contribution in [3.63, 3.8) is 0 Å². The van der Waals surface area contributed by atoms with Crippen molar-refractivity contribution in [1.29, 1.82) is 0 Å². The van der Waals surface area contributed by atoms with Crippen LogP contribution in [0.2, 0.25) is 0 Å². The largest absolute Gasteiger partial charge is 0.303 e. The first-order chi connectivity index (χ1) is 4.16. The van der Waals surface area contributed by atoms with Crippen molar-refractivity contribution in [3.8, 4) is 0 Å². The minimum absolute atomic E-state index is 0.873. The molecule has 0 rings (SSSR count). The summed E-state index contributed by atoms with van der Waals surface area (Å²) in [6, 6.07) is 0. The molecule has 0 fully saturated rings. The fraction of sp³-hybridized carbons (Fsp3) is 0.571. The molecule has 0 spiro atoms. The minimum atomic E-state index is 0.873. The van der Waals surface area contributed by atoms with Gasteiger partial charge in [-0.1, -0.05) is 6.08 Å². The maximum Gasteiger partial charge on any atom is 0.0387 e. The van der Waals surface area contributed by atoms with E-state index in [1.807, 2.05) is 27.1 Å². The van der Waals surface area contributed by atoms with Gasteiger partial charge < -0.3 is 5.01 Å². The van der Waals surface area contributed by atoms with Gasteiger partial charge >= 0.3 is 0 Å². The average Bonchev–Trinajstić information content (AvgIpc) is 1.63. The molecule has 0 saturated carbocycles. The molecule has 2 heteroatoms. The smallest absolute Gasteiger partial charge is 0.0387 e. The molecule has 0 aromatic rings. The second kappa shape index (κ2) is 4.13. The van der Waals surface area contributed by atoms with Crippen LogP contribution in [0.25, 0.3) is 0 Å². The zero-order chi connectivity index (χ0) is 7.28. The third-order valence-electron chi connectivity index (χ3n) is 0.810. The number of hydrazone groups is 1. The maximum atomic E-state index is 4.15. The molecule has 0 aromatic carbocycles. The fourth-order valence-electron chi connectivity index (χ4n) is 0.591. The quantitative estimate of drug-likeness (QED) is 0.318. The Kier molecular flexibility index (Phi) is 3.76. The number of rotatable bonds is 3. The topological polar surface area (TPSA) is 15.6 Å². The monoisotopic (exact) mass is 126 g/mol. The highest BCUT2D eigenvalue weighted by Gasteiger charge is 1.85. The third kappa shape index (κ3) is 5.07. The van der Waals surface area contributed by atoms with Crippen molar-refractivity contribution in [2.24, 2.45) is 5.10 Å². The van der Waals surface area contributed by atoms with Crippen LogP contribution >= 0.6 is 0 Å². The van der Waals surface area contributed by atoms with Crippen LogP contribution in [-0.4, -0.2) is 24.8 Å². The molecule has 0 saturated heterocycles. The summed E-state index contributed by atoms with van der Waals surface area (Å²) in [5, 5.41) is 5.94. The summed E-state index contributed by atoms with van der Waals surface area (Å²) in [4.78, 5) is 0. The van der Waals surface area contributed by atoms with Gasteiger partial charge in [0, 0.05) is 26.2 Å². The Morgan fingerprint density at radius 3 is 2.56 bits per heavy atom. The lowest BCUT2D eigenvalue weighted by Crippen LogP contribution is -2.05. The van der Waals surface area contributed by atoms with E-state index in [1.54, 1.807) is 5.01 Å². The summed E-state index contributed by atoms with van der Waals surface area (Å²) < 4.78 is 0. The second-order valence-corrected chi connectivity index (χ2v) is 2.18. The van der Waals surface area contributed by atoms with Crippen LogP contribution in [-0.2, 0) is 0 Å². The van der Waals surface area contributed by atoms with Gasteiger partial charge in [0.25, 0.3) is 0 Å². The normalized spacial score (nSPS) is 11.2. The SMILES string of the molecule is C=CC/C(C)=N/N(C)C. The number of hydrogen-bond donors (Lipinski definition) is 0. The Bertz CT molecular complexity index is 114. The van der Waals surface area contributed by atoms with E-state index in [9.17, 15) is 0 Å². The van der Waals surface area contributed by atoms with Crippen LogP contribution in [0.3, 0.4) is 0 Å². The van der Waals surface area contributed by atoms with Gasteiger partial charge in [-0.15, -0.1) is 6.58 Å². The molecule has 0 aliphatic rings. The van der Waals surface area contributed by atoms with Crippen LogP contribution in [0.5, 0.6) is 0 Å². The molecule has 0 unspecified atom stereocenters. The van der Waals surface area contributed by atoms with Crippen molar-refractivity contribution in [3.05, 3.63) is 12.7 Å². The summed E-state index contributed by atoms with van der Waals surface area (Å²) >= 11 is 0. The van der Waals surface area contributed by atoms with Crippen molar-refractivity contribution in [2.75, 3.05) is 14.1 Å². The molecule has 0 atom stereocenters. The highest BCUT2D eigenvalue weighted by molar-refractivity contribution is 5.82. The van der Waals surface area contributed by atoms with E-state index < -0.39 is 0 Å². The summed E-state index contributed by atoms with van der Waals surface area (Å²) in [5.74, 6) is 0. The van der Waals surface area contributed by atoms with Gasteiger partial charge in [0.1, 0.15) is 0 Å². The Morgan fingerprint density at radius 1 is 1.67 bits per heavy atom. The van der Waals surface area contributed by atoms with Crippen molar-refractivity contribution in [2.45, 2.75) is 13.3 Å². The highest BCUT2D eigenvalue weighted by atomic mass is 15.4. The molecule has 0 aromatic heterocycles. The van der Waals surface area contributed by atoms with Gasteiger partial charge in [-0.3, -0.25) is 0 Å². The molecular formula is C7H14N2. The van der Waals surface area contributed by atoms with Crippen molar-refractivity contribution < 1.29 is 0 Å². The predicted octanol–water partition coefficient (Wildman–Crippen LogP) is 1.50. The standard InChI is InChI=1S/C7H14N2/c1-5-6-7(2)8-9(3)4/h5H,1,6H2,2-4H3/b8-7+. The molecule has 9 heavy (non-hydrogen) atoms. The van der Waals surface area contributed by atoms with E-state index >= 15 is 0 Å². The van der Waals surface area contributed by atoms with E-state index in [0.717, 1.165) is 12.1 Å². The molecule has 2 nitrogen and oxygen atoms in total. The molecule has 0 N–H and O–H groups in total. The second-order valence-electron chi connectivity index (χ2n) is 2.18. The molecule has 0 amide bonds. The fourth-order valence-corrected chi connectivity index (χ4v) is 0.591. The van der Waals surface area contributed by atoms with Gasteiger partial charge in [0.2, 0.25) is 0 Å². The molecular weight excluding hydrogens is 112 g/mol. The minimum Gasteiger partial charge on any atom is -0.303 e. The lowest BCUT2D eigenvalue weighted by molar-refractivity contribution is 0.436. The Balaban J connectivity index is 3.68. The van der Waals surface area contributed by atoms with Gasteiger partial charge in [0.05, 0.1) is 0 Å². The first-order valence-corrected chi connectivity index (χ1v) is 2.99. The van der Waals surface area contributed by atoms with Crippen LogP contribution in [0.15, 0.2) is 17.8 Å². The summed E-state index contributed by atoms with van der Waals surface area (Å²) in [7, 11) is 3.82.